The van der Waals surface area contributed by atoms with Crippen molar-refractivity contribution in [3.8, 4) is 5.75 Å². The summed E-state index contributed by atoms with van der Waals surface area (Å²) in [5.74, 6) is -0.00526. The van der Waals surface area contributed by atoms with Crippen molar-refractivity contribution in [1.29, 1.82) is 0 Å². The summed E-state index contributed by atoms with van der Waals surface area (Å²) in [7, 11) is 1.47. The van der Waals surface area contributed by atoms with Crippen LogP contribution in [0.3, 0.4) is 0 Å². The maximum Gasteiger partial charge on any atom is 0.132 e. The molecule has 1 unspecified atom stereocenters. The zero-order valence-corrected chi connectivity index (χ0v) is 8.71. The Morgan fingerprint density at radius 1 is 1.62 bits per heavy atom. The van der Waals surface area contributed by atoms with Crippen molar-refractivity contribution in [3.05, 3.63) is 29.6 Å². The topological polar surface area (TPSA) is 29.5 Å². The minimum Gasteiger partial charge on any atom is -0.497 e. The average Bonchev–Trinajstić information content (AvgIpc) is 2.16. The lowest BCUT2D eigenvalue weighted by atomic mass is 10.1. The van der Waals surface area contributed by atoms with Gasteiger partial charge in [0.05, 0.1) is 13.2 Å². The highest BCUT2D eigenvalue weighted by atomic mass is 79.9. The molecule has 0 radical (unpaired) electrons. The van der Waals surface area contributed by atoms with Crippen molar-refractivity contribution in [3.63, 3.8) is 0 Å². The van der Waals surface area contributed by atoms with Crippen molar-refractivity contribution >= 4 is 15.9 Å². The van der Waals surface area contributed by atoms with E-state index < -0.39 is 11.9 Å². The fourth-order valence-corrected chi connectivity index (χ4v) is 1.34. The number of aliphatic hydroxyl groups excluding tert-OH is 1. The van der Waals surface area contributed by atoms with Gasteiger partial charge in [0.1, 0.15) is 11.6 Å². The first-order valence-electron chi connectivity index (χ1n) is 3.76. The van der Waals surface area contributed by atoms with Gasteiger partial charge in [0, 0.05) is 17.0 Å². The number of aliphatic hydroxyl groups is 1. The summed E-state index contributed by atoms with van der Waals surface area (Å²) < 4.78 is 18.0. The predicted molar refractivity (Wildman–Crippen MR) is 51.7 cm³/mol. The Bertz CT molecular complexity index is 291. The molecule has 1 aromatic carbocycles. The summed E-state index contributed by atoms with van der Waals surface area (Å²) in [6, 6.07) is 4.38. The summed E-state index contributed by atoms with van der Waals surface area (Å²) in [6.07, 6.45) is -0.814. The molecule has 2 nitrogen and oxygen atoms in total. The Morgan fingerprint density at radius 2 is 2.31 bits per heavy atom. The van der Waals surface area contributed by atoms with Crippen LogP contribution in [-0.4, -0.2) is 17.5 Å². The third-order valence-corrected chi connectivity index (χ3v) is 2.33. The highest BCUT2D eigenvalue weighted by Gasteiger charge is 2.11. The molecular formula is C9H10BrFO2. The number of halogens is 2. The van der Waals surface area contributed by atoms with E-state index >= 15 is 0 Å². The van der Waals surface area contributed by atoms with Crippen LogP contribution in [0.25, 0.3) is 0 Å². The van der Waals surface area contributed by atoms with Crippen LogP contribution >= 0.6 is 15.9 Å². The average molecular weight is 249 g/mol. The summed E-state index contributed by atoms with van der Waals surface area (Å²) in [4.78, 5) is 0. The van der Waals surface area contributed by atoms with Gasteiger partial charge >= 0.3 is 0 Å². The first-order valence-corrected chi connectivity index (χ1v) is 4.88. The van der Waals surface area contributed by atoms with Crippen LogP contribution in [0.1, 0.15) is 11.7 Å². The zero-order valence-electron chi connectivity index (χ0n) is 7.13. The van der Waals surface area contributed by atoms with Crippen molar-refractivity contribution in [2.45, 2.75) is 6.10 Å². The molecule has 1 aromatic rings. The van der Waals surface area contributed by atoms with Crippen LogP contribution in [0.15, 0.2) is 18.2 Å². The maximum absolute atomic E-state index is 13.2. The zero-order chi connectivity index (χ0) is 9.84. The highest BCUT2D eigenvalue weighted by molar-refractivity contribution is 9.09. The molecule has 0 spiro atoms. The van der Waals surface area contributed by atoms with Gasteiger partial charge in [-0.1, -0.05) is 15.9 Å². The standard InChI is InChI=1S/C9H10BrFO2/c1-13-6-2-3-7(8(11)4-6)9(12)5-10/h2-4,9,12H,5H2,1H3. The monoisotopic (exact) mass is 248 g/mol. The maximum atomic E-state index is 13.2. The molecule has 0 amide bonds. The smallest absolute Gasteiger partial charge is 0.132 e. The number of benzene rings is 1. The molecule has 0 saturated heterocycles. The largest absolute Gasteiger partial charge is 0.497 e. The van der Waals surface area contributed by atoms with Gasteiger partial charge in [-0.05, 0) is 12.1 Å². The molecule has 0 bridgehead atoms. The summed E-state index contributed by atoms with van der Waals surface area (Å²) in [5, 5.41) is 9.66. The van der Waals surface area contributed by atoms with Gasteiger partial charge in [-0.3, -0.25) is 0 Å². The van der Waals surface area contributed by atoms with Crippen LogP contribution in [0.2, 0.25) is 0 Å². The molecule has 0 aliphatic rings. The van der Waals surface area contributed by atoms with Gasteiger partial charge in [-0.15, -0.1) is 0 Å². The molecule has 0 aliphatic heterocycles. The second-order valence-electron chi connectivity index (χ2n) is 2.56. The molecule has 0 heterocycles. The first-order chi connectivity index (χ1) is 6.19. The van der Waals surface area contributed by atoms with Gasteiger partial charge < -0.3 is 9.84 Å². The van der Waals surface area contributed by atoms with Gasteiger partial charge in [0.2, 0.25) is 0 Å². The Hall–Kier alpha value is -0.610. The molecule has 13 heavy (non-hydrogen) atoms. The number of ether oxygens (including phenoxy) is 1. The lowest BCUT2D eigenvalue weighted by molar-refractivity contribution is 0.200. The third kappa shape index (κ3) is 2.42. The second-order valence-corrected chi connectivity index (χ2v) is 3.21. The van der Waals surface area contributed by atoms with E-state index in [0.717, 1.165) is 0 Å². The van der Waals surface area contributed by atoms with E-state index in [1.54, 1.807) is 6.07 Å². The van der Waals surface area contributed by atoms with Gasteiger partial charge in [0.15, 0.2) is 0 Å². The first kappa shape index (κ1) is 10.5. The van der Waals surface area contributed by atoms with E-state index in [4.69, 9.17) is 4.74 Å². The van der Waals surface area contributed by atoms with Crippen LogP contribution in [0.5, 0.6) is 5.75 Å². The molecule has 0 aliphatic carbocycles. The van der Waals surface area contributed by atoms with Crippen molar-refractivity contribution in [2.75, 3.05) is 12.4 Å². The van der Waals surface area contributed by atoms with E-state index in [1.807, 2.05) is 0 Å². The number of hydrogen-bond donors (Lipinski definition) is 1. The molecular weight excluding hydrogens is 239 g/mol. The molecule has 0 aromatic heterocycles. The Balaban J connectivity index is 2.98. The third-order valence-electron chi connectivity index (χ3n) is 1.71. The molecule has 1 rings (SSSR count). The van der Waals surface area contributed by atoms with Crippen molar-refractivity contribution < 1.29 is 14.2 Å². The molecule has 0 fully saturated rings. The van der Waals surface area contributed by atoms with Gasteiger partial charge in [-0.25, -0.2) is 4.39 Å². The normalized spacial score (nSPS) is 12.6. The second kappa shape index (κ2) is 4.58. The van der Waals surface area contributed by atoms with Crippen LogP contribution in [0.4, 0.5) is 4.39 Å². The van der Waals surface area contributed by atoms with Gasteiger partial charge in [-0.2, -0.15) is 0 Å². The molecule has 4 heteroatoms. The van der Waals surface area contributed by atoms with E-state index in [9.17, 15) is 9.50 Å². The molecule has 72 valence electrons. The van der Waals surface area contributed by atoms with Crippen LogP contribution in [-0.2, 0) is 0 Å². The van der Waals surface area contributed by atoms with Gasteiger partial charge in [0.25, 0.3) is 0 Å². The molecule has 0 saturated carbocycles. The number of alkyl halides is 1. The Kier molecular flexibility index (Phi) is 3.69. The quantitative estimate of drug-likeness (QED) is 0.832. The van der Waals surface area contributed by atoms with E-state index in [2.05, 4.69) is 15.9 Å². The SMILES string of the molecule is COc1ccc(C(O)CBr)c(F)c1. The number of hydrogen-bond acceptors (Lipinski definition) is 2. The highest BCUT2D eigenvalue weighted by Crippen LogP contribution is 2.22. The predicted octanol–water partition coefficient (Wildman–Crippen LogP) is 2.26. The Morgan fingerprint density at radius 3 is 2.77 bits per heavy atom. The fourth-order valence-electron chi connectivity index (χ4n) is 0.988. The van der Waals surface area contributed by atoms with E-state index in [-0.39, 0.29) is 5.56 Å². The Labute approximate surface area is 84.5 Å². The summed E-state index contributed by atoms with van der Waals surface area (Å²) in [5.41, 5.74) is 0.276. The summed E-state index contributed by atoms with van der Waals surface area (Å²) >= 11 is 3.07. The number of methoxy groups -OCH3 is 1. The van der Waals surface area contributed by atoms with Crippen LogP contribution < -0.4 is 4.74 Å². The summed E-state index contributed by atoms with van der Waals surface area (Å²) in [6.45, 7) is 0. The molecule has 1 N–H and O–H groups in total. The van der Waals surface area contributed by atoms with Crippen molar-refractivity contribution in [2.24, 2.45) is 0 Å². The minimum atomic E-state index is -0.814. The number of rotatable bonds is 3. The molecule has 1 atom stereocenters. The van der Waals surface area contributed by atoms with E-state index in [0.29, 0.717) is 11.1 Å². The van der Waals surface area contributed by atoms with Crippen molar-refractivity contribution in [1.82, 2.24) is 0 Å². The van der Waals surface area contributed by atoms with E-state index in [1.165, 1.54) is 19.2 Å². The minimum absolute atomic E-state index is 0.276. The van der Waals surface area contributed by atoms with Crippen LogP contribution in [0, 0.1) is 5.82 Å². The lowest BCUT2D eigenvalue weighted by Crippen LogP contribution is -2.01. The lowest BCUT2D eigenvalue weighted by Gasteiger charge is -2.09. The fraction of sp³-hybridized carbons (Fsp3) is 0.333.